The molecule has 174 valence electrons. The standard InChI is InChI=1S/C25H21ClN2O6/c1-32-21-12-16(11-20-24(30)28(25(31)27-20)13-22(29)33-2)10-19(26)23(21)34-14-15-7-8-17-5-3-4-6-18(17)9-15/h3-12H,13-14H2,1-2H3,(H,27,31)/b20-11+. The molecule has 3 aromatic carbocycles. The summed E-state index contributed by atoms with van der Waals surface area (Å²) in [4.78, 5) is 36.8. The Morgan fingerprint density at radius 2 is 1.82 bits per heavy atom. The number of nitrogens with one attached hydrogen (secondary N) is 1. The van der Waals surface area contributed by atoms with Crippen molar-refractivity contribution in [2.24, 2.45) is 0 Å². The van der Waals surface area contributed by atoms with E-state index in [-0.39, 0.29) is 17.3 Å². The zero-order valence-corrected chi connectivity index (χ0v) is 19.2. The molecule has 0 saturated carbocycles. The molecule has 0 spiro atoms. The number of carbonyl (C=O) groups excluding carboxylic acids is 3. The highest BCUT2D eigenvalue weighted by atomic mass is 35.5. The van der Waals surface area contributed by atoms with E-state index in [9.17, 15) is 14.4 Å². The first-order chi connectivity index (χ1) is 16.4. The highest BCUT2D eigenvalue weighted by Crippen LogP contribution is 2.37. The Labute approximate surface area is 200 Å². The van der Waals surface area contributed by atoms with Crippen molar-refractivity contribution in [1.29, 1.82) is 0 Å². The number of urea groups is 1. The van der Waals surface area contributed by atoms with Crippen LogP contribution >= 0.6 is 11.6 Å². The molecule has 1 aliphatic heterocycles. The van der Waals surface area contributed by atoms with Crippen LogP contribution < -0.4 is 14.8 Å². The van der Waals surface area contributed by atoms with Crippen molar-refractivity contribution in [3.8, 4) is 11.5 Å². The first-order valence-corrected chi connectivity index (χ1v) is 10.7. The summed E-state index contributed by atoms with van der Waals surface area (Å²) in [7, 11) is 2.65. The number of amides is 3. The van der Waals surface area contributed by atoms with Gasteiger partial charge in [0.25, 0.3) is 5.91 Å². The Bertz CT molecular complexity index is 1320. The van der Waals surface area contributed by atoms with Crippen LogP contribution in [0.25, 0.3) is 16.8 Å². The molecule has 9 heteroatoms. The van der Waals surface area contributed by atoms with Gasteiger partial charge in [0.15, 0.2) is 11.5 Å². The molecule has 0 atom stereocenters. The van der Waals surface area contributed by atoms with Crippen LogP contribution in [0.3, 0.4) is 0 Å². The lowest BCUT2D eigenvalue weighted by atomic mass is 10.1. The van der Waals surface area contributed by atoms with E-state index in [1.54, 1.807) is 12.1 Å². The average molecular weight is 481 g/mol. The van der Waals surface area contributed by atoms with Crippen LogP contribution in [0.2, 0.25) is 5.02 Å². The summed E-state index contributed by atoms with van der Waals surface area (Å²) in [6, 6.07) is 16.6. The molecule has 1 saturated heterocycles. The van der Waals surface area contributed by atoms with Gasteiger partial charge < -0.3 is 19.5 Å². The predicted molar refractivity (Wildman–Crippen MR) is 127 cm³/mol. The molecule has 4 rings (SSSR count). The maximum Gasteiger partial charge on any atom is 0.329 e. The van der Waals surface area contributed by atoms with Gasteiger partial charge in [0, 0.05) is 0 Å². The highest BCUT2D eigenvalue weighted by Gasteiger charge is 2.35. The number of hydrogen-bond acceptors (Lipinski definition) is 6. The SMILES string of the molecule is COC(=O)CN1C(=O)N/C(=C/c2cc(Cl)c(OCc3ccc4ccccc4c3)c(OC)c2)C1=O. The second-order valence-electron chi connectivity index (χ2n) is 7.46. The van der Waals surface area contributed by atoms with Gasteiger partial charge in [-0.3, -0.25) is 9.59 Å². The fourth-order valence-corrected chi connectivity index (χ4v) is 3.80. The number of nitrogens with zero attached hydrogens (tertiary/aromatic N) is 1. The summed E-state index contributed by atoms with van der Waals surface area (Å²) in [5.41, 5.74) is 1.47. The molecule has 3 aromatic rings. The summed E-state index contributed by atoms with van der Waals surface area (Å²) >= 11 is 6.46. The Morgan fingerprint density at radius 1 is 1.06 bits per heavy atom. The maximum atomic E-state index is 12.5. The number of benzene rings is 3. The van der Waals surface area contributed by atoms with Gasteiger partial charge in [-0.25, -0.2) is 9.69 Å². The molecular weight excluding hydrogens is 460 g/mol. The van der Waals surface area contributed by atoms with Gasteiger partial charge in [-0.2, -0.15) is 0 Å². The largest absolute Gasteiger partial charge is 0.493 e. The quantitative estimate of drug-likeness (QED) is 0.310. The van der Waals surface area contributed by atoms with Crippen LogP contribution in [0.5, 0.6) is 11.5 Å². The molecule has 1 N–H and O–H groups in total. The Balaban J connectivity index is 1.54. The topological polar surface area (TPSA) is 94.2 Å². The third-order valence-electron chi connectivity index (χ3n) is 5.24. The molecule has 1 heterocycles. The zero-order valence-electron chi connectivity index (χ0n) is 18.5. The van der Waals surface area contributed by atoms with Crippen molar-refractivity contribution >= 4 is 46.4 Å². The molecule has 3 amide bonds. The predicted octanol–water partition coefficient (Wildman–Crippen LogP) is 4.15. The molecule has 1 aliphatic rings. The van der Waals surface area contributed by atoms with Crippen molar-refractivity contribution in [2.45, 2.75) is 6.61 Å². The van der Waals surface area contributed by atoms with Gasteiger partial charge >= 0.3 is 12.0 Å². The second-order valence-corrected chi connectivity index (χ2v) is 7.87. The summed E-state index contributed by atoms with van der Waals surface area (Å²) in [6.07, 6.45) is 1.44. The Hall–Kier alpha value is -4.04. The number of imide groups is 1. The zero-order chi connectivity index (χ0) is 24.2. The first kappa shape index (κ1) is 23.1. The molecule has 0 unspecified atom stereocenters. The van der Waals surface area contributed by atoms with Crippen LogP contribution in [0.1, 0.15) is 11.1 Å². The minimum absolute atomic E-state index is 0.00291. The minimum atomic E-state index is -0.713. The number of rotatable bonds is 7. The molecule has 0 radical (unpaired) electrons. The normalized spacial score (nSPS) is 14.4. The van der Waals surface area contributed by atoms with Crippen LogP contribution in [0, 0.1) is 0 Å². The number of methoxy groups -OCH3 is 2. The van der Waals surface area contributed by atoms with Crippen molar-refractivity contribution in [3.63, 3.8) is 0 Å². The van der Waals surface area contributed by atoms with Crippen molar-refractivity contribution in [2.75, 3.05) is 20.8 Å². The molecule has 0 aromatic heterocycles. The minimum Gasteiger partial charge on any atom is -0.493 e. The van der Waals surface area contributed by atoms with Crippen LogP contribution in [-0.4, -0.2) is 43.6 Å². The van der Waals surface area contributed by atoms with Crippen LogP contribution in [-0.2, 0) is 20.9 Å². The fourth-order valence-electron chi connectivity index (χ4n) is 3.52. The van der Waals surface area contributed by atoms with Gasteiger partial charge in [0.05, 0.1) is 19.2 Å². The van der Waals surface area contributed by atoms with Gasteiger partial charge in [-0.15, -0.1) is 0 Å². The third kappa shape index (κ3) is 4.82. The second kappa shape index (κ2) is 9.84. The number of fused-ring (bicyclic) bond motifs is 1. The van der Waals surface area contributed by atoms with E-state index in [1.165, 1.54) is 20.3 Å². The van der Waals surface area contributed by atoms with E-state index in [0.717, 1.165) is 21.2 Å². The Morgan fingerprint density at radius 3 is 2.56 bits per heavy atom. The lowest BCUT2D eigenvalue weighted by Gasteiger charge is -2.14. The van der Waals surface area contributed by atoms with Gasteiger partial charge in [0.1, 0.15) is 18.8 Å². The van der Waals surface area contributed by atoms with E-state index >= 15 is 0 Å². The molecule has 0 bridgehead atoms. The fraction of sp³-hybridized carbons (Fsp3) is 0.160. The molecule has 8 nitrogen and oxygen atoms in total. The number of carbonyl (C=O) groups is 3. The van der Waals surface area contributed by atoms with E-state index in [4.69, 9.17) is 21.1 Å². The van der Waals surface area contributed by atoms with E-state index in [2.05, 4.69) is 10.1 Å². The highest BCUT2D eigenvalue weighted by molar-refractivity contribution is 6.32. The van der Waals surface area contributed by atoms with Crippen molar-refractivity contribution in [3.05, 3.63) is 76.4 Å². The molecular formula is C25H21ClN2O6. The number of halogens is 1. The molecule has 0 aliphatic carbocycles. The monoisotopic (exact) mass is 480 g/mol. The lowest BCUT2D eigenvalue weighted by molar-refractivity contribution is -0.143. The average Bonchev–Trinajstić information content (AvgIpc) is 3.09. The van der Waals surface area contributed by atoms with Gasteiger partial charge in [-0.05, 0) is 46.2 Å². The molecule has 1 fully saturated rings. The number of ether oxygens (including phenoxy) is 3. The van der Waals surface area contributed by atoms with E-state index < -0.39 is 24.5 Å². The summed E-state index contributed by atoms with van der Waals surface area (Å²) < 4.78 is 15.9. The summed E-state index contributed by atoms with van der Waals surface area (Å²) in [6.45, 7) is -0.206. The smallest absolute Gasteiger partial charge is 0.329 e. The van der Waals surface area contributed by atoms with E-state index in [0.29, 0.717) is 17.1 Å². The number of esters is 1. The lowest BCUT2D eigenvalue weighted by Crippen LogP contribution is -2.36. The van der Waals surface area contributed by atoms with Crippen molar-refractivity contribution < 1.29 is 28.6 Å². The van der Waals surface area contributed by atoms with Gasteiger partial charge in [-0.1, -0.05) is 48.0 Å². The summed E-state index contributed by atoms with van der Waals surface area (Å²) in [5.74, 6) is -0.638. The maximum absolute atomic E-state index is 12.5. The van der Waals surface area contributed by atoms with E-state index in [1.807, 2.05) is 42.5 Å². The van der Waals surface area contributed by atoms with Crippen LogP contribution in [0.4, 0.5) is 4.79 Å². The molecule has 34 heavy (non-hydrogen) atoms. The van der Waals surface area contributed by atoms with Crippen molar-refractivity contribution in [1.82, 2.24) is 10.2 Å². The summed E-state index contributed by atoms with van der Waals surface area (Å²) in [5, 5.41) is 4.96. The van der Waals surface area contributed by atoms with Crippen LogP contribution in [0.15, 0.2) is 60.3 Å². The first-order valence-electron chi connectivity index (χ1n) is 10.3. The number of hydrogen-bond donors (Lipinski definition) is 1. The Kier molecular flexibility index (Phi) is 6.70. The van der Waals surface area contributed by atoms with Gasteiger partial charge in [0.2, 0.25) is 0 Å². The third-order valence-corrected chi connectivity index (χ3v) is 5.52.